The van der Waals surface area contributed by atoms with Crippen molar-refractivity contribution in [3.8, 4) is 5.69 Å². The molecule has 1 N–H and O–H groups in total. The third-order valence-electron chi connectivity index (χ3n) is 4.85. The topological polar surface area (TPSA) is 97.2 Å². The molecule has 0 aliphatic rings. The number of nitrogens with zero attached hydrogens (tertiary/aromatic N) is 4. The molecule has 0 saturated carbocycles. The average molecular weight is 428 g/mol. The maximum Gasteiger partial charge on any atom is 0.251 e. The van der Waals surface area contributed by atoms with Gasteiger partial charge in [0.1, 0.15) is 12.7 Å². The second kappa shape index (κ2) is 9.19. The number of benzene rings is 2. The fourth-order valence-electron chi connectivity index (χ4n) is 3.11. The van der Waals surface area contributed by atoms with Crippen molar-refractivity contribution in [2.45, 2.75) is 32.2 Å². The summed E-state index contributed by atoms with van der Waals surface area (Å²) in [7, 11) is -3.64. The van der Waals surface area contributed by atoms with Crippen molar-refractivity contribution in [1.29, 1.82) is 0 Å². The zero-order valence-corrected chi connectivity index (χ0v) is 18.1. The summed E-state index contributed by atoms with van der Waals surface area (Å²) in [5, 5.41) is 6.92. The summed E-state index contributed by atoms with van der Waals surface area (Å²) >= 11 is 0. The molecule has 0 fully saturated rings. The number of aryl methyl sites for hydroxylation is 1. The van der Waals surface area contributed by atoms with Gasteiger partial charge in [0.2, 0.25) is 10.0 Å². The zero-order valence-electron chi connectivity index (χ0n) is 17.2. The summed E-state index contributed by atoms with van der Waals surface area (Å²) in [6.07, 6.45) is 3.07. The molecule has 3 rings (SSSR count). The lowest BCUT2D eigenvalue weighted by molar-refractivity contribution is 0.0950. The van der Waals surface area contributed by atoms with Gasteiger partial charge in [-0.15, -0.1) is 0 Å². The Morgan fingerprint density at radius 1 is 1.10 bits per heavy atom. The van der Waals surface area contributed by atoms with E-state index < -0.39 is 10.0 Å². The van der Waals surface area contributed by atoms with Crippen LogP contribution in [0.2, 0.25) is 0 Å². The Morgan fingerprint density at radius 3 is 2.40 bits per heavy atom. The van der Waals surface area contributed by atoms with Gasteiger partial charge in [-0.1, -0.05) is 32.0 Å². The lowest BCUT2D eigenvalue weighted by Gasteiger charge is -2.20. The van der Waals surface area contributed by atoms with E-state index in [1.165, 1.54) is 16.7 Å². The number of carbonyl (C=O) groups excluding carboxylic acids is 1. The lowest BCUT2D eigenvalue weighted by atomic mass is 10.1. The molecule has 1 heterocycles. The largest absolute Gasteiger partial charge is 0.348 e. The fraction of sp³-hybridized carbons (Fsp3) is 0.286. The molecule has 30 heavy (non-hydrogen) atoms. The van der Waals surface area contributed by atoms with E-state index in [0.29, 0.717) is 30.8 Å². The first kappa shape index (κ1) is 21.7. The van der Waals surface area contributed by atoms with Crippen molar-refractivity contribution in [3.05, 3.63) is 71.8 Å². The minimum Gasteiger partial charge on any atom is -0.348 e. The molecule has 9 heteroatoms. The minimum absolute atomic E-state index is 0.163. The van der Waals surface area contributed by atoms with Crippen molar-refractivity contribution >= 4 is 15.9 Å². The highest BCUT2D eigenvalue weighted by molar-refractivity contribution is 7.89. The van der Waals surface area contributed by atoms with E-state index in [2.05, 4.69) is 15.4 Å². The summed E-state index contributed by atoms with van der Waals surface area (Å²) in [6, 6.07) is 12.3. The number of rotatable bonds is 8. The van der Waals surface area contributed by atoms with E-state index in [9.17, 15) is 13.2 Å². The van der Waals surface area contributed by atoms with Gasteiger partial charge in [-0.3, -0.25) is 4.79 Å². The van der Waals surface area contributed by atoms with Crippen LogP contribution >= 0.6 is 0 Å². The summed E-state index contributed by atoms with van der Waals surface area (Å²) in [5.74, 6) is -0.327. The maximum atomic E-state index is 12.9. The molecular weight excluding hydrogens is 402 g/mol. The van der Waals surface area contributed by atoms with Crippen LogP contribution in [0.5, 0.6) is 0 Å². The van der Waals surface area contributed by atoms with Gasteiger partial charge in [-0.2, -0.15) is 9.40 Å². The van der Waals surface area contributed by atoms with Crippen LogP contribution in [0.15, 0.2) is 60.0 Å². The van der Waals surface area contributed by atoms with Crippen LogP contribution in [0.25, 0.3) is 5.69 Å². The van der Waals surface area contributed by atoms with Crippen LogP contribution in [0, 0.1) is 6.92 Å². The molecule has 158 valence electrons. The van der Waals surface area contributed by atoms with Crippen molar-refractivity contribution in [2.24, 2.45) is 0 Å². The number of aromatic nitrogens is 3. The molecule has 0 saturated heterocycles. The molecule has 0 aliphatic heterocycles. The maximum absolute atomic E-state index is 12.9. The van der Waals surface area contributed by atoms with Gasteiger partial charge in [-0.25, -0.2) is 18.1 Å². The quantitative estimate of drug-likeness (QED) is 0.596. The molecule has 0 bridgehead atoms. The van der Waals surface area contributed by atoms with Gasteiger partial charge < -0.3 is 5.32 Å². The first-order chi connectivity index (χ1) is 14.4. The molecule has 0 aliphatic carbocycles. The molecule has 0 atom stereocenters. The lowest BCUT2D eigenvalue weighted by Crippen LogP contribution is -2.31. The molecule has 2 aromatic carbocycles. The van der Waals surface area contributed by atoms with Crippen molar-refractivity contribution in [2.75, 3.05) is 13.1 Å². The molecule has 0 unspecified atom stereocenters. The average Bonchev–Trinajstić information content (AvgIpc) is 3.28. The smallest absolute Gasteiger partial charge is 0.251 e. The minimum atomic E-state index is -3.64. The summed E-state index contributed by atoms with van der Waals surface area (Å²) < 4.78 is 28.8. The first-order valence-corrected chi connectivity index (χ1v) is 11.1. The molecule has 0 spiro atoms. The zero-order chi connectivity index (χ0) is 21.7. The van der Waals surface area contributed by atoms with E-state index >= 15 is 0 Å². The standard InChI is InChI=1S/C21H25N5O3S/c1-4-25(5-2)30(28,29)20-12-18(9-6-16(20)3)21(27)23-13-17-7-10-19(11-8-17)26-15-22-14-24-26/h6-12,14-15H,4-5,13H2,1-3H3,(H,23,27). The Kier molecular flexibility index (Phi) is 6.63. The number of nitrogens with one attached hydrogen (secondary N) is 1. The molecule has 3 aromatic rings. The van der Waals surface area contributed by atoms with Gasteiger partial charge >= 0.3 is 0 Å². The van der Waals surface area contributed by atoms with E-state index in [-0.39, 0.29) is 10.8 Å². The van der Waals surface area contributed by atoms with Gasteiger partial charge in [0.05, 0.1) is 10.6 Å². The predicted octanol–water partition coefficient (Wildman–Crippen LogP) is 2.54. The van der Waals surface area contributed by atoms with Crippen LogP contribution in [0.1, 0.15) is 35.3 Å². The van der Waals surface area contributed by atoms with Crippen molar-refractivity contribution < 1.29 is 13.2 Å². The van der Waals surface area contributed by atoms with Crippen molar-refractivity contribution in [3.63, 3.8) is 0 Å². The van der Waals surface area contributed by atoms with Crippen LogP contribution < -0.4 is 5.32 Å². The normalized spacial score (nSPS) is 11.6. The van der Waals surface area contributed by atoms with Crippen LogP contribution in [-0.2, 0) is 16.6 Å². The second-order valence-corrected chi connectivity index (χ2v) is 8.67. The van der Waals surface area contributed by atoms with E-state index in [4.69, 9.17) is 0 Å². The van der Waals surface area contributed by atoms with Gasteiger partial charge in [-0.05, 0) is 42.3 Å². The second-order valence-electron chi connectivity index (χ2n) is 6.76. The van der Waals surface area contributed by atoms with Gasteiger partial charge in [0.15, 0.2) is 0 Å². The third-order valence-corrected chi connectivity index (χ3v) is 7.04. The number of carbonyl (C=O) groups is 1. The summed E-state index contributed by atoms with van der Waals surface area (Å²) in [6.45, 7) is 6.39. The van der Waals surface area contributed by atoms with Crippen LogP contribution in [-0.4, -0.2) is 46.5 Å². The molecule has 1 aromatic heterocycles. The highest BCUT2D eigenvalue weighted by Crippen LogP contribution is 2.21. The number of hydrogen-bond donors (Lipinski definition) is 1. The first-order valence-electron chi connectivity index (χ1n) is 9.69. The number of amides is 1. The van der Waals surface area contributed by atoms with Crippen molar-refractivity contribution in [1.82, 2.24) is 24.4 Å². The highest BCUT2D eigenvalue weighted by atomic mass is 32.2. The summed E-state index contributed by atoms with van der Waals surface area (Å²) in [5.41, 5.74) is 2.70. The Labute approximate surface area is 176 Å². The van der Waals surface area contributed by atoms with Crippen LogP contribution in [0.3, 0.4) is 0 Å². The number of sulfonamides is 1. The van der Waals surface area contributed by atoms with Crippen LogP contribution in [0.4, 0.5) is 0 Å². The van der Waals surface area contributed by atoms with E-state index in [0.717, 1.165) is 11.3 Å². The molecule has 1 amide bonds. The molecule has 8 nitrogen and oxygen atoms in total. The predicted molar refractivity (Wildman–Crippen MR) is 114 cm³/mol. The van der Waals surface area contributed by atoms with E-state index in [1.54, 1.807) is 43.9 Å². The van der Waals surface area contributed by atoms with Gasteiger partial charge in [0, 0.05) is 25.2 Å². The Hall–Kier alpha value is -3.04. The fourth-order valence-corrected chi connectivity index (χ4v) is 4.82. The summed E-state index contributed by atoms with van der Waals surface area (Å²) in [4.78, 5) is 16.7. The Balaban J connectivity index is 1.73. The number of hydrogen-bond acceptors (Lipinski definition) is 5. The Bertz CT molecular complexity index is 1110. The Morgan fingerprint density at radius 2 is 1.80 bits per heavy atom. The van der Waals surface area contributed by atoms with E-state index in [1.807, 2.05) is 24.3 Å². The highest BCUT2D eigenvalue weighted by Gasteiger charge is 2.24. The SMILES string of the molecule is CCN(CC)S(=O)(=O)c1cc(C(=O)NCc2ccc(-n3cncn3)cc2)ccc1C. The third kappa shape index (κ3) is 4.58. The molecular formula is C21H25N5O3S. The monoisotopic (exact) mass is 427 g/mol. The van der Waals surface area contributed by atoms with Gasteiger partial charge in [0.25, 0.3) is 5.91 Å². The molecule has 0 radical (unpaired) electrons.